The van der Waals surface area contributed by atoms with Crippen molar-refractivity contribution in [2.45, 2.75) is 0 Å². The molecule has 0 saturated heterocycles. The molecular formula is C58H42Cl3N15O5. The number of nitrogens with zero attached hydrogens (tertiary/aromatic N) is 7. The highest BCUT2D eigenvalue weighted by Crippen LogP contribution is 2.32. The van der Waals surface area contributed by atoms with Gasteiger partial charge in [0.25, 0.3) is 5.91 Å². The van der Waals surface area contributed by atoms with Gasteiger partial charge in [-0.15, -0.1) is 5.10 Å². The van der Waals surface area contributed by atoms with Gasteiger partial charge in [-0.25, -0.2) is 20.8 Å². The van der Waals surface area contributed by atoms with E-state index < -0.39 is 5.91 Å². The second-order valence-corrected chi connectivity index (χ2v) is 18.7. The molecule has 0 fully saturated rings. The summed E-state index contributed by atoms with van der Waals surface area (Å²) in [6.07, 6.45) is 0. The molecule has 0 radical (unpaired) electrons. The maximum absolute atomic E-state index is 11.0. The quantitative estimate of drug-likeness (QED) is 0.0198. The lowest BCUT2D eigenvalue weighted by Gasteiger charge is -2.03. The van der Waals surface area contributed by atoms with E-state index in [4.69, 9.17) is 91.9 Å². The minimum absolute atomic E-state index is 0.0359. The van der Waals surface area contributed by atoms with Crippen LogP contribution >= 0.6 is 34.8 Å². The number of aromatic nitrogens is 7. The van der Waals surface area contributed by atoms with Crippen molar-refractivity contribution >= 4 is 124 Å². The highest BCUT2D eigenvalue weighted by Gasteiger charge is 2.18. The first-order chi connectivity index (χ1) is 39.2. The van der Waals surface area contributed by atoms with Crippen molar-refractivity contribution in [2.24, 2.45) is 11.6 Å². The Hall–Kier alpha value is -10.7. The fourth-order valence-corrected chi connectivity index (χ4v) is 8.58. The van der Waals surface area contributed by atoms with Crippen LogP contribution in [0.2, 0.25) is 15.1 Å². The summed E-state index contributed by atoms with van der Waals surface area (Å²) in [5.41, 5.74) is 31.0. The zero-order valence-electron chi connectivity index (χ0n) is 41.9. The Kier molecular flexibility index (Phi) is 15.6. The van der Waals surface area contributed by atoms with Crippen LogP contribution in [0.3, 0.4) is 0 Å². The molecule has 0 spiro atoms. The number of nitrogens with two attached hydrogens (primary N) is 5. The van der Waals surface area contributed by atoms with Crippen LogP contribution in [0.4, 0.5) is 17.3 Å². The predicted molar refractivity (Wildman–Crippen MR) is 315 cm³/mol. The van der Waals surface area contributed by atoms with Crippen molar-refractivity contribution in [3.8, 4) is 40.6 Å². The molecule has 23 heteroatoms. The number of nitrogens with one attached hydrogen (secondary N) is 3. The molecule has 7 heterocycles. The number of nitrogen functional groups attached to an aromatic ring is 5. The molecule has 13 N–H and O–H groups in total. The van der Waals surface area contributed by atoms with Gasteiger partial charge in [0.1, 0.15) is 28.4 Å². The largest absolute Gasteiger partial charge is 0.453 e. The number of benzene rings is 7. The smallest absolute Gasteiger partial charge is 0.267 e. The molecule has 0 unspecified atom stereocenters. The lowest BCUT2D eigenvalue weighted by Crippen LogP contribution is -2.30. The molecule has 81 heavy (non-hydrogen) atoms. The van der Waals surface area contributed by atoms with Gasteiger partial charge in [-0.05, 0) is 97.1 Å². The monoisotopic (exact) mass is 1130 g/mol. The van der Waals surface area contributed by atoms with E-state index in [0.717, 1.165) is 49.3 Å². The van der Waals surface area contributed by atoms with E-state index in [1.54, 1.807) is 54.6 Å². The fourth-order valence-electron chi connectivity index (χ4n) is 8.07. The Morgan fingerprint density at radius 1 is 0.605 bits per heavy atom. The second-order valence-electron chi connectivity index (χ2n) is 17.4. The minimum atomic E-state index is -0.449. The topological polar surface area (TPSA) is 344 Å². The number of fused-ring (bicyclic) bond motifs is 7. The van der Waals surface area contributed by atoms with Gasteiger partial charge < -0.3 is 40.6 Å². The Balaban J connectivity index is 0.000000119. The summed E-state index contributed by atoms with van der Waals surface area (Å²) < 4.78 is 23.5. The van der Waals surface area contributed by atoms with E-state index >= 15 is 0 Å². The summed E-state index contributed by atoms with van der Waals surface area (Å²) in [5.74, 6) is 8.18. The molecule has 14 aromatic rings. The third kappa shape index (κ3) is 12.1. The number of anilines is 3. The number of rotatable bonds is 5. The third-order valence-corrected chi connectivity index (χ3v) is 12.6. The van der Waals surface area contributed by atoms with Crippen LogP contribution in [0.5, 0.6) is 0 Å². The van der Waals surface area contributed by atoms with E-state index in [9.17, 15) is 4.79 Å². The van der Waals surface area contributed by atoms with Crippen molar-refractivity contribution in [2.75, 3.05) is 17.2 Å². The highest BCUT2D eigenvalue weighted by molar-refractivity contribution is 6.32. The molecule has 7 aromatic heterocycles. The van der Waals surface area contributed by atoms with E-state index in [1.165, 1.54) is 10.6 Å². The van der Waals surface area contributed by atoms with Crippen LogP contribution in [0.1, 0.15) is 21.9 Å². The lowest BCUT2D eigenvalue weighted by atomic mass is 10.2. The summed E-state index contributed by atoms with van der Waals surface area (Å²) in [6.45, 7) is 0. The number of nitriles is 1. The lowest BCUT2D eigenvalue weighted by molar-refractivity contribution is 0.0954. The van der Waals surface area contributed by atoms with Crippen molar-refractivity contribution < 1.29 is 22.5 Å². The number of halogens is 3. The van der Waals surface area contributed by atoms with Crippen LogP contribution in [0, 0.1) is 16.7 Å². The number of carbonyl (C=O) groups is 1. The summed E-state index contributed by atoms with van der Waals surface area (Å²) in [4.78, 5) is 24.4. The number of H-pyrrole nitrogens is 1. The molecule has 0 aliphatic heterocycles. The summed E-state index contributed by atoms with van der Waals surface area (Å²) in [6, 6.07) is 55.1. The number of carbonyl (C=O) groups excluding carboxylic acids is 1. The fraction of sp³-hybridized carbons (Fsp3) is 0. The van der Waals surface area contributed by atoms with Gasteiger partial charge in [-0.1, -0.05) is 108 Å². The standard InChI is InChI=1S/C17H10ClN5O.C16H11ClN4O.C9H8N2O.C9H5NO.C7H8ClN3O/c18-10-5-6-12-11(8-10)16-21-15(22-23(16)17(19)20-12)14-7-9-3-1-2-4-13(9)24-14;17-10-5-6-12(18)11(8-10)15-19-16(21-20-15)14-7-9-3-1-2-4-13(9)22-14;10-9(11)8-5-6-3-1-2-4-7(6)12-8;10-6-8-5-7-3-1-2-4-9(7)11-8;8-4-1-2-6(9)5(3-4)7(12)11-10/h1-8H,(H2,19,20);1-8H,18H2,(H,19,20,21);1-5H,(H3,10,11);1-5H;1-3H,9-10H2,(H,11,12). The molecule has 1 amide bonds. The Morgan fingerprint density at radius 3 is 1.75 bits per heavy atom. The van der Waals surface area contributed by atoms with Crippen LogP contribution in [-0.4, -0.2) is 46.5 Å². The van der Waals surface area contributed by atoms with Gasteiger partial charge in [0.05, 0.1) is 11.1 Å². The van der Waals surface area contributed by atoms with Gasteiger partial charge in [-0.2, -0.15) is 14.9 Å². The molecule has 0 saturated carbocycles. The number of aromatic amines is 1. The zero-order valence-corrected chi connectivity index (χ0v) is 44.2. The van der Waals surface area contributed by atoms with Gasteiger partial charge >= 0.3 is 0 Å². The molecule has 0 bridgehead atoms. The first-order valence-corrected chi connectivity index (χ1v) is 25.2. The molecule has 0 aliphatic rings. The van der Waals surface area contributed by atoms with Gasteiger partial charge in [0.15, 0.2) is 40.4 Å². The van der Waals surface area contributed by atoms with Crippen molar-refractivity contribution in [3.05, 3.63) is 208 Å². The normalized spacial score (nSPS) is 10.8. The first kappa shape index (κ1) is 53.7. The number of amides is 1. The molecule has 20 nitrogen and oxygen atoms in total. The number of para-hydroxylation sites is 4. The summed E-state index contributed by atoms with van der Waals surface area (Å²) >= 11 is 17.7. The van der Waals surface area contributed by atoms with Crippen molar-refractivity contribution in [1.82, 2.24) is 40.2 Å². The molecule has 400 valence electrons. The van der Waals surface area contributed by atoms with E-state index in [0.29, 0.717) is 83.7 Å². The van der Waals surface area contributed by atoms with Gasteiger partial charge in [-0.3, -0.25) is 20.7 Å². The highest BCUT2D eigenvalue weighted by atomic mass is 35.5. The molecule has 14 rings (SSSR count). The zero-order chi connectivity index (χ0) is 56.7. The first-order valence-electron chi connectivity index (χ1n) is 24.1. The number of amidine groups is 1. The number of furan rings is 4. The summed E-state index contributed by atoms with van der Waals surface area (Å²) in [5, 5.41) is 33.5. The van der Waals surface area contributed by atoms with Gasteiger partial charge in [0, 0.05) is 65.0 Å². The minimum Gasteiger partial charge on any atom is -0.453 e. The third-order valence-electron chi connectivity index (χ3n) is 11.9. The molecule has 0 aliphatic carbocycles. The van der Waals surface area contributed by atoms with Gasteiger partial charge in [0.2, 0.25) is 17.5 Å². The Morgan fingerprint density at radius 2 is 1.15 bits per heavy atom. The van der Waals surface area contributed by atoms with Crippen LogP contribution < -0.4 is 34.2 Å². The Labute approximate surface area is 472 Å². The maximum atomic E-state index is 11.0. The second kappa shape index (κ2) is 23.5. The van der Waals surface area contributed by atoms with E-state index in [-0.39, 0.29) is 17.3 Å². The van der Waals surface area contributed by atoms with E-state index in [2.05, 4.69) is 30.2 Å². The SMILES string of the molecule is N#Cc1cc2ccccc2o1.N=C(N)c1cc2ccccc2o1.NNC(=O)c1cc(Cl)ccc1N.Nc1ccc(Cl)cc1-c1n[nH]c(-c2cc3ccccc3o2)n1.Nc1nc2ccc(Cl)cc2c2nc(-c3cc4ccccc4o3)nn12. The predicted octanol–water partition coefficient (Wildman–Crippen LogP) is 12.6. The average molecular weight is 1140 g/mol. The van der Waals surface area contributed by atoms with E-state index in [1.807, 2.05) is 127 Å². The summed E-state index contributed by atoms with van der Waals surface area (Å²) in [7, 11) is 0. The number of hydrogen-bond acceptors (Lipinski definition) is 16. The van der Waals surface area contributed by atoms with Crippen LogP contribution in [-0.2, 0) is 0 Å². The molecule has 0 atom stereocenters. The van der Waals surface area contributed by atoms with Crippen molar-refractivity contribution in [3.63, 3.8) is 0 Å². The number of hydrazine groups is 1. The molecular weight excluding hydrogens is 1090 g/mol. The van der Waals surface area contributed by atoms with Crippen LogP contribution in [0.25, 0.3) is 95.0 Å². The van der Waals surface area contributed by atoms with Crippen molar-refractivity contribution in [1.29, 1.82) is 10.7 Å². The maximum Gasteiger partial charge on any atom is 0.267 e. The Bertz CT molecular complexity index is 4540. The van der Waals surface area contributed by atoms with Crippen LogP contribution in [0.15, 0.2) is 194 Å². The average Bonchev–Trinajstić information content (AvgIpc) is 4.52. The molecule has 7 aromatic carbocycles. The number of hydrogen-bond donors (Lipinski definition) is 8.